The zero-order valence-corrected chi connectivity index (χ0v) is 9.20. The number of carboxylic acid groups (broad SMARTS) is 1. The first kappa shape index (κ1) is 11.4. The topological polar surface area (TPSA) is 66.8 Å². The summed E-state index contributed by atoms with van der Waals surface area (Å²) in [5, 5.41) is 8.59. The Morgan fingerprint density at radius 2 is 2.29 bits per heavy atom. The molecule has 1 aliphatic rings. The Labute approximate surface area is 98.6 Å². The molecule has 1 aromatic rings. The summed E-state index contributed by atoms with van der Waals surface area (Å²) in [7, 11) is 0. The Morgan fingerprint density at radius 1 is 1.53 bits per heavy atom. The molecule has 0 bridgehead atoms. The SMILES string of the molecule is O=CN(CCC(=O)O)C1Cc2ccccc2O1. The predicted octanol–water partition coefficient (Wildman–Crippen LogP) is 0.881. The monoisotopic (exact) mass is 235 g/mol. The molecule has 0 saturated carbocycles. The van der Waals surface area contributed by atoms with Crippen molar-refractivity contribution in [1.29, 1.82) is 0 Å². The molecular weight excluding hydrogens is 222 g/mol. The minimum absolute atomic E-state index is 0.0745. The van der Waals surface area contributed by atoms with E-state index in [4.69, 9.17) is 9.84 Å². The van der Waals surface area contributed by atoms with Crippen LogP contribution in [0.3, 0.4) is 0 Å². The van der Waals surface area contributed by atoms with Gasteiger partial charge in [-0.3, -0.25) is 9.59 Å². The van der Waals surface area contributed by atoms with Crippen LogP contribution >= 0.6 is 0 Å². The zero-order valence-electron chi connectivity index (χ0n) is 9.20. The number of aliphatic carboxylic acids is 1. The summed E-state index contributed by atoms with van der Waals surface area (Å²) in [5.41, 5.74) is 1.04. The number of ether oxygens (including phenoxy) is 1. The Morgan fingerprint density at radius 3 is 2.94 bits per heavy atom. The van der Waals surface area contributed by atoms with E-state index >= 15 is 0 Å². The number of hydrogen-bond donors (Lipinski definition) is 1. The highest BCUT2D eigenvalue weighted by Gasteiger charge is 2.27. The molecule has 5 nitrogen and oxygen atoms in total. The van der Waals surface area contributed by atoms with E-state index in [-0.39, 0.29) is 19.2 Å². The number of nitrogens with zero attached hydrogens (tertiary/aromatic N) is 1. The molecule has 90 valence electrons. The van der Waals surface area contributed by atoms with Crippen LogP contribution in [0.4, 0.5) is 0 Å². The quantitative estimate of drug-likeness (QED) is 0.769. The molecule has 5 heteroatoms. The molecule has 17 heavy (non-hydrogen) atoms. The molecule has 0 radical (unpaired) electrons. The van der Waals surface area contributed by atoms with Crippen molar-refractivity contribution in [3.8, 4) is 5.75 Å². The van der Waals surface area contributed by atoms with Gasteiger partial charge in [-0.2, -0.15) is 0 Å². The van der Waals surface area contributed by atoms with E-state index < -0.39 is 5.97 Å². The van der Waals surface area contributed by atoms with E-state index in [9.17, 15) is 9.59 Å². The first-order valence-corrected chi connectivity index (χ1v) is 5.38. The van der Waals surface area contributed by atoms with E-state index in [1.807, 2.05) is 24.3 Å². The van der Waals surface area contributed by atoms with Crippen LogP contribution in [0.15, 0.2) is 24.3 Å². The molecule has 1 amide bonds. The van der Waals surface area contributed by atoms with Gasteiger partial charge in [0.25, 0.3) is 0 Å². The lowest BCUT2D eigenvalue weighted by Crippen LogP contribution is -2.38. The maximum atomic E-state index is 10.9. The van der Waals surface area contributed by atoms with Gasteiger partial charge in [-0.25, -0.2) is 0 Å². The van der Waals surface area contributed by atoms with Crippen LogP contribution < -0.4 is 4.74 Å². The zero-order chi connectivity index (χ0) is 12.3. The third-order valence-electron chi connectivity index (χ3n) is 2.72. The Bertz CT molecular complexity index is 407. The van der Waals surface area contributed by atoms with Gasteiger partial charge in [0.2, 0.25) is 6.41 Å². The number of carboxylic acids is 1. The molecule has 0 aliphatic carbocycles. The molecule has 2 rings (SSSR count). The first-order chi connectivity index (χ1) is 8.20. The van der Waals surface area contributed by atoms with Gasteiger partial charge in [0, 0.05) is 13.0 Å². The molecule has 1 unspecified atom stereocenters. The van der Waals surface area contributed by atoms with Crippen LogP contribution in [-0.2, 0) is 16.0 Å². The normalized spacial score (nSPS) is 17.1. The summed E-state index contributed by atoms with van der Waals surface area (Å²) >= 11 is 0. The molecule has 1 heterocycles. The highest BCUT2D eigenvalue weighted by molar-refractivity contribution is 5.67. The van der Waals surface area contributed by atoms with E-state index in [2.05, 4.69) is 0 Å². The second-order valence-electron chi connectivity index (χ2n) is 3.87. The minimum Gasteiger partial charge on any atom is -0.481 e. The summed E-state index contributed by atoms with van der Waals surface area (Å²) in [6.45, 7) is 0.164. The number of carbonyl (C=O) groups excluding carboxylic acids is 1. The van der Waals surface area contributed by atoms with Gasteiger partial charge in [0.05, 0.1) is 6.42 Å². The minimum atomic E-state index is -0.924. The lowest BCUT2D eigenvalue weighted by atomic mass is 10.1. The summed E-state index contributed by atoms with van der Waals surface area (Å²) in [6.07, 6.45) is 0.785. The lowest BCUT2D eigenvalue weighted by Gasteiger charge is -2.23. The standard InChI is InChI=1S/C12H13NO4/c14-8-13(6-5-12(15)16)11-7-9-3-1-2-4-10(9)17-11/h1-4,8,11H,5-7H2,(H,15,16). The number of benzene rings is 1. The van der Waals surface area contributed by atoms with Crippen LogP contribution in [0, 0.1) is 0 Å². The molecule has 0 spiro atoms. The number of hydrogen-bond acceptors (Lipinski definition) is 3. The predicted molar refractivity (Wildman–Crippen MR) is 59.6 cm³/mol. The fraction of sp³-hybridized carbons (Fsp3) is 0.333. The highest BCUT2D eigenvalue weighted by atomic mass is 16.5. The van der Waals surface area contributed by atoms with Gasteiger partial charge < -0.3 is 14.7 Å². The van der Waals surface area contributed by atoms with Gasteiger partial charge in [-0.15, -0.1) is 0 Å². The number of para-hydroxylation sites is 1. The second kappa shape index (κ2) is 4.86. The van der Waals surface area contributed by atoms with Crippen LogP contribution in [0.2, 0.25) is 0 Å². The molecule has 1 N–H and O–H groups in total. The van der Waals surface area contributed by atoms with Crippen LogP contribution in [-0.4, -0.2) is 35.2 Å². The van der Waals surface area contributed by atoms with E-state index in [0.717, 1.165) is 11.3 Å². The van der Waals surface area contributed by atoms with Crippen molar-refractivity contribution in [1.82, 2.24) is 4.90 Å². The smallest absolute Gasteiger partial charge is 0.305 e. The van der Waals surface area contributed by atoms with Gasteiger partial charge in [0.1, 0.15) is 5.75 Å². The van der Waals surface area contributed by atoms with Crippen molar-refractivity contribution < 1.29 is 19.4 Å². The molecule has 0 fully saturated rings. The van der Waals surface area contributed by atoms with Crippen molar-refractivity contribution in [3.05, 3.63) is 29.8 Å². The largest absolute Gasteiger partial charge is 0.481 e. The molecule has 0 aromatic heterocycles. The van der Waals surface area contributed by atoms with Crippen LogP contribution in [0.25, 0.3) is 0 Å². The number of carbonyl (C=O) groups is 2. The summed E-state index contributed by atoms with van der Waals surface area (Å²) in [6, 6.07) is 7.56. The van der Waals surface area contributed by atoms with E-state index in [1.54, 1.807) is 0 Å². The summed E-state index contributed by atoms with van der Waals surface area (Å²) < 4.78 is 5.59. The third kappa shape index (κ3) is 2.55. The summed E-state index contributed by atoms with van der Waals surface area (Å²) in [4.78, 5) is 22.8. The van der Waals surface area contributed by atoms with Crippen molar-refractivity contribution in [3.63, 3.8) is 0 Å². The first-order valence-electron chi connectivity index (χ1n) is 5.38. The van der Waals surface area contributed by atoms with Gasteiger partial charge in [-0.05, 0) is 11.6 Å². The van der Waals surface area contributed by atoms with Gasteiger partial charge >= 0.3 is 5.97 Å². The third-order valence-corrected chi connectivity index (χ3v) is 2.72. The Balaban J connectivity index is 2.00. The van der Waals surface area contributed by atoms with E-state index in [1.165, 1.54) is 4.90 Å². The number of amides is 1. The Kier molecular flexibility index (Phi) is 3.27. The van der Waals surface area contributed by atoms with Crippen molar-refractivity contribution in [2.24, 2.45) is 0 Å². The fourth-order valence-electron chi connectivity index (χ4n) is 1.84. The second-order valence-corrected chi connectivity index (χ2v) is 3.87. The average Bonchev–Trinajstić information content (AvgIpc) is 2.72. The van der Waals surface area contributed by atoms with Crippen molar-refractivity contribution in [2.45, 2.75) is 19.1 Å². The molecule has 0 saturated heterocycles. The van der Waals surface area contributed by atoms with Gasteiger partial charge in [-0.1, -0.05) is 18.2 Å². The van der Waals surface area contributed by atoms with E-state index in [0.29, 0.717) is 12.8 Å². The van der Waals surface area contributed by atoms with Crippen LogP contribution in [0.5, 0.6) is 5.75 Å². The molecule has 1 aliphatic heterocycles. The average molecular weight is 235 g/mol. The Hall–Kier alpha value is -2.04. The fourth-order valence-corrected chi connectivity index (χ4v) is 1.84. The maximum Gasteiger partial charge on any atom is 0.305 e. The lowest BCUT2D eigenvalue weighted by molar-refractivity contribution is -0.138. The number of fused-ring (bicyclic) bond motifs is 1. The number of rotatable bonds is 5. The molecule has 1 atom stereocenters. The van der Waals surface area contributed by atoms with Crippen molar-refractivity contribution >= 4 is 12.4 Å². The van der Waals surface area contributed by atoms with Crippen molar-refractivity contribution in [2.75, 3.05) is 6.54 Å². The molecular formula is C12H13NO4. The highest BCUT2D eigenvalue weighted by Crippen LogP contribution is 2.29. The van der Waals surface area contributed by atoms with Gasteiger partial charge in [0.15, 0.2) is 6.23 Å². The summed E-state index contributed by atoms with van der Waals surface area (Å²) in [5.74, 6) is -0.160. The molecule has 1 aromatic carbocycles. The van der Waals surface area contributed by atoms with Crippen LogP contribution in [0.1, 0.15) is 12.0 Å². The maximum absolute atomic E-state index is 10.9.